The number of carbonyl (C=O) groups is 1. The van der Waals surface area contributed by atoms with Crippen LogP contribution in [0, 0.1) is 0 Å². The van der Waals surface area contributed by atoms with Crippen LogP contribution >= 0.6 is 0 Å². The van der Waals surface area contributed by atoms with E-state index in [-0.39, 0.29) is 0 Å². The van der Waals surface area contributed by atoms with E-state index in [2.05, 4.69) is 20.9 Å². The normalized spacial score (nSPS) is 11.9. The molecule has 130 valence electrons. The zero-order chi connectivity index (χ0) is 17.1. The second kappa shape index (κ2) is 9.76. The van der Waals surface area contributed by atoms with Crippen LogP contribution in [0.2, 0.25) is 0 Å². The Hall–Kier alpha value is -2.18. The summed E-state index contributed by atoms with van der Waals surface area (Å²) in [7, 11) is 0. The predicted octanol–water partition coefficient (Wildman–Crippen LogP) is 1.90. The molecule has 1 aromatic heterocycles. The number of aliphatic imine (C=N–C) groups is 1. The minimum atomic E-state index is -0.486. The van der Waals surface area contributed by atoms with Gasteiger partial charge in [-0.15, -0.1) is 0 Å². The Morgan fingerprint density at radius 1 is 1.26 bits per heavy atom. The van der Waals surface area contributed by atoms with Crippen LogP contribution in [0.4, 0.5) is 4.79 Å². The SMILES string of the molecule is CCNC(=NCCc1ccco1)NCCNC(=O)OC(C)(C)C. The molecule has 7 heteroatoms. The van der Waals surface area contributed by atoms with Crippen LogP contribution < -0.4 is 16.0 Å². The third-order valence-electron chi connectivity index (χ3n) is 2.64. The highest BCUT2D eigenvalue weighted by atomic mass is 16.6. The molecule has 1 amide bonds. The zero-order valence-corrected chi connectivity index (χ0v) is 14.4. The van der Waals surface area contributed by atoms with Crippen LogP contribution in [-0.2, 0) is 11.2 Å². The molecule has 0 atom stereocenters. The van der Waals surface area contributed by atoms with Gasteiger partial charge >= 0.3 is 6.09 Å². The van der Waals surface area contributed by atoms with Gasteiger partial charge in [0.1, 0.15) is 11.4 Å². The van der Waals surface area contributed by atoms with Crippen molar-refractivity contribution in [3.63, 3.8) is 0 Å². The van der Waals surface area contributed by atoms with E-state index in [0.29, 0.717) is 25.6 Å². The monoisotopic (exact) mass is 324 g/mol. The van der Waals surface area contributed by atoms with Crippen LogP contribution in [0.25, 0.3) is 0 Å². The van der Waals surface area contributed by atoms with Crippen LogP contribution in [0.5, 0.6) is 0 Å². The van der Waals surface area contributed by atoms with Crippen LogP contribution in [-0.4, -0.2) is 43.8 Å². The molecule has 0 aliphatic rings. The van der Waals surface area contributed by atoms with Gasteiger partial charge in [0.05, 0.1) is 6.26 Å². The highest BCUT2D eigenvalue weighted by molar-refractivity contribution is 5.79. The number of amides is 1. The molecular formula is C16H28N4O3. The number of ether oxygens (including phenoxy) is 1. The lowest BCUT2D eigenvalue weighted by molar-refractivity contribution is 0.0529. The summed E-state index contributed by atoms with van der Waals surface area (Å²) in [4.78, 5) is 16.0. The number of nitrogens with zero attached hydrogens (tertiary/aromatic N) is 1. The van der Waals surface area contributed by atoms with Crippen LogP contribution in [0.1, 0.15) is 33.5 Å². The number of alkyl carbamates (subject to hydrolysis) is 1. The van der Waals surface area contributed by atoms with E-state index in [1.54, 1.807) is 6.26 Å². The number of carbonyl (C=O) groups excluding carboxylic acids is 1. The van der Waals surface area contributed by atoms with Crippen LogP contribution in [0.3, 0.4) is 0 Å². The molecule has 1 aromatic rings. The summed E-state index contributed by atoms with van der Waals surface area (Å²) in [5, 5.41) is 9.00. The first-order valence-corrected chi connectivity index (χ1v) is 7.92. The summed E-state index contributed by atoms with van der Waals surface area (Å²) < 4.78 is 10.4. The fourth-order valence-electron chi connectivity index (χ4n) is 1.73. The van der Waals surface area contributed by atoms with Crippen molar-refractivity contribution < 1.29 is 13.9 Å². The Morgan fingerprint density at radius 3 is 2.61 bits per heavy atom. The largest absolute Gasteiger partial charge is 0.469 e. The molecule has 0 bridgehead atoms. The van der Waals surface area contributed by atoms with Crippen molar-refractivity contribution >= 4 is 12.1 Å². The lowest BCUT2D eigenvalue weighted by atomic mass is 10.2. The molecule has 0 radical (unpaired) electrons. The topological polar surface area (TPSA) is 87.9 Å². The van der Waals surface area contributed by atoms with Gasteiger partial charge < -0.3 is 25.1 Å². The quantitative estimate of drug-likeness (QED) is 0.405. The Balaban J connectivity index is 2.25. The number of hydrogen-bond acceptors (Lipinski definition) is 4. The van der Waals surface area contributed by atoms with Gasteiger partial charge in [0.25, 0.3) is 0 Å². The second-order valence-electron chi connectivity index (χ2n) is 5.95. The smallest absolute Gasteiger partial charge is 0.407 e. The molecule has 0 saturated carbocycles. The van der Waals surface area contributed by atoms with Gasteiger partial charge in [-0.05, 0) is 39.8 Å². The molecule has 0 aliphatic carbocycles. The first kappa shape index (κ1) is 18.9. The Morgan fingerprint density at radius 2 is 2.00 bits per heavy atom. The maximum atomic E-state index is 11.5. The summed E-state index contributed by atoms with van der Waals surface area (Å²) in [5.41, 5.74) is -0.486. The summed E-state index contributed by atoms with van der Waals surface area (Å²) in [6.07, 6.45) is 1.99. The zero-order valence-electron chi connectivity index (χ0n) is 14.4. The van der Waals surface area contributed by atoms with Crippen molar-refractivity contribution in [2.75, 3.05) is 26.2 Å². The molecule has 0 spiro atoms. The fraction of sp³-hybridized carbons (Fsp3) is 0.625. The Bertz CT molecular complexity index is 478. The van der Waals surface area contributed by atoms with Gasteiger partial charge in [0.15, 0.2) is 5.96 Å². The molecule has 7 nitrogen and oxygen atoms in total. The summed E-state index contributed by atoms with van der Waals surface area (Å²) in [5.74, 6) is 1.63. The van der Waals surface area contributed by atoms with Gasteiger partial charge in [0.2, 0.25) is 0 Å². The van der Waals surface area contributed by atoms with E-state index in [1.165, 1.54) is 0 Å². The summed E-state index contributed by atoms with van der Waals surface area (Å²) in [6, 6.07) is 3.80. The molecule has 0 aliphatic heterocycles. The highest BCUT2D eigenvalue weighted by Gasteiger charge is 2.15. The molecule has 0 saturated heterocycles. The standard InChI is InChI=1S/C16H28N4O3/c1-5-17-14(18-9-8-13-7-6-12-22-13)19-10-11-20-15(21)23-16(2,3)4/h6-7,12H,5,8-11H2,1-4H3,(H,20,21)(H2,17,18,19). The first-order valence-electron chi connectivity index (χ1n) is 7.92. The van der Waals surface area contributed by atoms with E-state index in [9.17, 15) is 4.79 Å². The lowest BCUT2D eigenvalue weighted by Gasteiger charge is -2.19. The van der Waals surface area contributed by atoms with Gasteiger partial charge in [-0.25, -0.2) is 4.79 Å². The summed E-state index contributed by atoms with van der Waals surface area (Å²) in [6.45, 7) is 9.92. The minimum absolute atomic E-state index is 0.418. The van der Waals surface area contributed by atoms with Crippen molar-refractivity contribution in [3.8, 4) is 0 Å². The van der Waals surface area contributed by atoms with Gasteiger partial charge in [0, 0.05) is 32.6 Å². The minimum Gasteiger partial charge on any atom is -0.469 e. The molecule has 23 heavy (non-hydrogen) atoms. The average molecular weight is 324 g/mol. The molecule has 3 N–H and O–H groups in total. The van der Waals surface area contributed by atoms with E-state index < -0.39 is 11.7 Å². The van der Waals surface area contributed by atoms with Gasteiger partial charge in [-0.3, -0.25) is 4.99 Å². The Labute approximate surface area is 137 Å². The number of nitrogens with one attached hydrogen (secondary N) is 3. The van der Waals surface area contributed by atoms with Gasteiger partial charge in [-0.2, -0.15) is 0 Å². The van der Waals surface area contributed by atoms with Crippen molar-refractivity contribution in [3.05, 3.63) is 24.2 Å². The molecular weight excluding hydrogens is 296 g/mol. The van der Waals surface area contributed by atoms with Crippen molar-refractivity contribution in [1.82, 2.24) is 16.0 Å². The van der Waals surface area contributed by atoms with Crippen molar-refractivity contribution in [2.45, 2.75) is 39.7 Å². The second-order valence-corrected chi connectivity index (χ2v) is 5.95. The first-order chi connectivity index (χ1) is 10.9. The van der Waals surface area contributed by atoms with E-state index >= 15 is 0 Å². The summed E-state index contributed by atoms with van der Waals surface area (Å²) >= 11 is 0. The van der Waals surface area contributed by atoms with Gasteiger partial charge in [-0.1, -0.05) is 0 Å². The molecule has 0 aromatic carbocycles. The number of hydrogen-bond donors (Lipinski definition) is 3. The third kappa shape index (κ3) is 9.44. The number of guanidine groups is 1. The maximum absolute atomic E-state index is 11.5. The molecule has 0 fully saturated rings. The van der Waals surface area contributed by atoms with E-state index in [0.717, 1.165) is 18.7 Å². The van der Waals surface area contributed by atoms with Crippen molar-refractivity contribution in [1.29, 1.82) is 0 Å². The van der Waals surface area contributed by atoms with Crippen molar-refractivity contribution in [2.24, 2.45) is 4.99 Å². The third-order valence-corrected chi connectivity index (χ3v) is 2.64. The Kier molecular flexibility index (Phi) is 8.01. The van der Waals surface area contributed by atoms with E-state index in [1.807, 2.05) is 39.8 Å². The average Bonchev–Trinajstić information content (AvgIpc) is 2.94. The van der Waals surface area contributed by atoms with Crippen LogP contribution in [0.15, 0.2) is 27.8 Å². The fourth-order valence-corrected chi connectivity index (χ4v) is 1.73. The molecule has 1 heterocycles. The predicted molar refractivity (Wildman–Crippen MR) is 90.6 cm³/mol. The molecule has 1 rings (SSSR count). The number of furan rings is 1. The maximum Gasteiger partial charge on any atom is 0.407 e. The van der Waals surface area contributed by atoms with E-state index in [4.69, 9.17) is 9.15 Å². The lowest BCUT2D eigenvalue weighted by Crippen LogP contribution is -2.42. The number of rotatable bonds is 7. The molecule has 0 unspecified atom stereocenters. The highest BCUT2D eigenvalue weighted by Crippen LogP contribution is 2.06.